The predicted molar refractivity (Wildman–Crippen MR) is 118 cm³/mol. The van der Waals surface area contributed by atoms with Crippen LogP contribution in [0, 0.1) is 5.92 Å². The van der Waals surface area contributed by atoms with Gasteiger partial charge in [-0.05, 0) is 61.9 Å². The van der Waals surface area contributed by atoms with Crippen LogP contribution in [0.25, 0.3) is 0 Å². The van der Waals surface area contributed by atoms with Crippen molar-refractivity contribution in [2.24, 2.45) is 5.92 Å². The van der Waals surface area contributed by atoms with E-state index in [-0.39, 0.29) is 11.7 Å². The number of nitrogens with zero attached hydrogens (tertiary/aromatic N) is 2. The van der Waals surface area contributed by atoms with E-state index < -0.39 is 5.92 Å². The van der Waals surface area contributed by atoms with Crippen LogP contribution in [0.5, 0.6) is 0 Å². The van der Waals surface area contributed by atoms with Gasteiger partial charge in [-0.15, -0.1) is 0 Å². The van der Waals surface area contributed by atoms with Gasteiger partial charge in [0.2, 0.25) is 5.91 Å². The second-order valence-electron chi connectivity index (χ2n) is 7.06. The maximum absolute atomic E-state index is 12.2. The van der Waals surface area contributed by atoms with Crippen molar-refractivity contribution >= 4 is 44.7 Å². The first-order valence-electron chi connectivity index (χ1n) is 9.64. The topological polar surface area (TPSA) is 52.7 Å². The lowest BCUT2D eigenvalue weighted by atomic mass is 10.0. The molecular formula is C22H26BrN3O2. The number of hydrogen-bond acceptors (Lipinski definition) is 4. The van der Waals surface area contributed by atoms with Crippen LogP contribution in [0.1, 0.15) is 20.3 Å². The Balaban J connectivity index is 1.56. The molecule has 1 unspecified atom stereocenters. The first-order valence-corrected chi connectivity index (χ1v) is 10.4. The van der Waals surface area contributed by atoms with Crippen molar-refractivity contribution in [3.8, 4) is 0 Å². The molecule has 1 fully saturated rings. The van der Waals surface area contributed by atoms with Gasteiger partial charge in [-0.1, -0.05) is 22.9 Å². The van der Waals surface area contributed by atoms with E-state index in [1.165, 1.54) is 12.6 Å². The monoisotopic (exact) mass is 443 g/mol. The second-order valence-corrected chi connectivity index (χ2v) is 7.97. The van der Waals surface area contributed by atoms with Crippen LogP contribution in [-0.4, -0.2) is 37.9 Å². The van der Waals surface area contributed by atoms with E-state index in [9.17, 15) is 9.59 Å². The number of amides is 1. The Morgan fingerprint density at radius 1 is 0.929 bits per heavy atom. The molecule has 1 atom stereocenters. The Morgan fingerprint density at radius 3 is 1.82 bits per heavy atom. The SMILES string of the molecule is CCC(C(C)=O)C(=O)Nc1ccc(N2CCN(c3ccc(Br)cc3)CC2)cc1. The van der Waals surface area contributed by atoms with Crippen LogP contribution >= 0.6 is 15.9 Å². The molecule has 5 nitrogen and oxygen atoms in total. The summed E-state index contributed by atoms with van der Waals surface area (Å²) < 4.78 is 1.09. The van der Waals surface area contributed by atoms with E-state index >= 15 is 0 Å². The molecule has 1 heterocycles. The zero-order valence-corrected chi connectivity index (χ0v) is 17.9. The molecule has 0 aromatic heterocycles. The molecule has 0 aliphatic carbocycles. The number of hydrogen-bond donors (Lipinski definition) is 1. The second kappa shape index (κ2) is 9.24. The highest BCUT2D eigenvalue weighted by molar-refractivity contribution is 9.10. The molecule has 28 heavy (non-hydrogen) atoms. The van der Waals surface area contributed by atoms with Gasteiger partial charge in [0, 0.05) is 47.7 Å². The molecule has 1 amide bonds. The normalized spacial score (nSPS) is 15.2. The van der Waals surface area contributed by atoms with Crippen LogP contribution < -0.4 is 15.1 Å². The number of rotatable bonds is 6. The van der Waals surface area contributed by atoms with E-state index in [1.54, 1.807) is 0 Å². The number of ketones is 1. The number of anilines is 3. The summed E-state index contributed by atoms with van der Waals surface area (Å²) in [6, 6.07) is 16.3. The fourth-order valence-electron chi connectivity index (χ4n) is 3.52. The Morgan fingerprint density at radius 2 is 1.39 bits per heavy atom. The summed E-state index contributed by atoms with van der Waals surface area (Å²) in [5, 5.41) is 2.85. The Kier molecular flexibility index (Phi) is 6.73. The first kappa shape index (κ1) is 20.4. The average molecular weight is 444 g/mol. The largest absolute Gasteiger partial charge is 0.368 e. The van der Waals surface area contributed by atoms with Crippen LogP contribution in [0.3, 0.4) is 0 Å². The van der Waals surface area contributed by atoms with Gasteiger partial charge in [-0.3, -0.25) is 9.59 Å². The highest BCUT2D eigenvalue weighted by Crippen LogP contribution is 2.23. The molecule has 0 saturated carbocycles. The molecule has 1 N–H and O–H groups in total. The summed E-state index contributed by atoms with van der Waals surface area (Å²) in [4.78, 5) is 28.5. The maximum Gasteiger partial charge on any atom is 0.234 e. The van der Waals surface area contributed by atoms with E-state index in [1.807, 2.05) is 31.2 Å². The molecular weight excluding hydrogens is 418 g/mol. The third kappa shape index (κ3) is 4.93. The van der Waals surface area contributed by atoms with E-state index in [0.29, 0.717) is 6.42 Å². The van der Waals surface area contributed by atoms with Gasteiger partial charge in [0.1, 0.15) is 5.78 Å². The van der Waals surface area contributed by atoms with Crippen LogP contribution in [-0.2, 0) is 9.59 Å². The molecule has 6 heteroatoms. The molecule has 1 saturated heterocycles. The van der Waals surface area contributed by atoms with Gasteiger partial charge in [0.15, 0.2) is 0 Å². The molecule has 2 aromatic rings. The van der Waals surface area contributed by atoms with Gasteiger partial charge in [0.25, 0.3) is 0 Å². The van der Waals surface area contributed by atoms with E-state index in [0.717, 1.165) is 42.0 Å². The molecule has 2 aromatic carbocycles. The Bertz CT molecular complexity index is 813. The van der Waals surface area contributed by atoms with Crippen molar-refractivity contribution in [1.29, 1.82) is 0 Å². The summed E-state index contributed by atoms with van der Waals surface area (Å²) in [5.41, 5.74) is 3.12. The zero-order chi connectivity index (χ0) is 20.1. The fraction of sp³-hybridized carbons (Fsp3) is 0.364. The van der Waals surface area contributed by atoms with Crippen molar-refractivity contribution in [2.45, 2.75) is 20.3 Å². The third-order valence-corrected chi connectivity index (χ3v) is 5.72. The first-order chi connectivity index (χ1) is 13.5. The lowest BCUT2D eigenvalue weighted by molar-refractivity contribution is -0.129. The predicted octanol–water partition coefficient (Wildman–Crippen LogP) is 4.33. The lowest BCUT2D eigenvalue weighted by Crippen LogP contribution is -2.46. The number of carbonyl (C=O) groups excluding carboxylic acids is 2. The van der Waals surface area contributed by atoms with E-state index in [4.69, 9.17) is 0 Å². The van der Waals surface area contributed by atoms with Gasteiger partial charge >= 0.3 is 0 Å². The Labute approximate surface area is 174 Å². The summed E-state index contributed by atoms with van der Waals surface area (Å²) in [5.74, 6) is -0.905. The summed E-state index contributed by atoms with van der Waals surface area (Å²) >= 11 is 3.48. The van der Waals surface area contributed by atoms with Gasteiger partial charge < -0.3 is 15.1 Å². The highest BCUT2D eigenvalue weighted by Gasteiger charge is 2.21. The average Bonchev–Trinajstić information content (AvgIpc) is 2.69. The third-order valence-electron chi connectivity index (χ3n) is 5.19. The molecule has 3 rings (SSSR count). The van der Waals surface area contributed by atoms with Gasteiger partial charge in [0.05, 0.1) is 5.92 Å². The van der Waals surface area contributed by atoms with Crippen molar-refractivity contribution < 1.29 is 9.59 Å². The van der Waals surface area contributed by atoms with Crippen molar-refractivity contribution in [2.75, 3.05) is 41.3 Å². The molecule has 148 valence electrons. The molecule has 1 aliphatic heterocycles. The molecule has 0 bridgehead atoms. The molecule has 0 spiro atoms. The fourth-order valence-corrected chi connectivity index (χ4v) is 3.78. The lowest BCUT2D eigenvalue weighted by Gasteiger charge is -2.37. The van der Waals surface area contributed by atoms with Crippen LogP contribution in [0.2, 0.25) is 0 Å². The number of nitrogens with one attached hydrogen (secondary N) is 1. The molecule has 0 radical (unpaired) electrons. The quantitative estimate of drug-likeness (QED) is 0.674. The minimum absolute atomic E-state index is 0.0970. The maximum atomic E-state index is 12.2. The van der Waals surface area contributed by atoms with Gasteiger partial charge in [-0.25, -0.2) is 0 Å². The minimum atomic E-state index is -0.577. The number of piperazine rings is 1. The van der Waals surface area contributed by atoms with Gasteiger partial charge in [-0.2, -0.15) is 0 Å². The summed E-state index contributed by atoms with van der Waals surface area (Å²) in [7, 11) is 0. The van der Waals surface area contributed by atoms with Crippen LogP contribution in [0.4, 0.5) is 17.1 Å². The summed E-state index contributed by atoms with van der Waals surface area (Å²) in [6.45, 7) is 7.15. The number of benzene rings is 2. The Hall–Kier alpha value is -2.34. The minimum Gasteiger partial charge on any atom is -0.368 e. The summed E-state index contributed by atoms with van der Waals surface area (Å²) in [6.07, 6.45) is 0.516. The van der Waals surface area contributed by atoms with Crippen molar-refractivity contribution in [3.63, 3.8) is 0 Å². The number of Topliss-reactive ketones (excluding diaryl/α,β-unsaturated/α-hetero) is 1. The smallest absolute Gasteiger partial charge is 0.234 e. The zero-order valence-electron chi connectivity index (χ0n) is 16.3. The van der Waals surface area contributed by atoms with Crippen molar-refractivity contribution in [3.05, 3.63) is 53.0 Å². The van der Waals surface area contributed by atoms with Crippen molar-refractivity contribution in [1.82, 2.24) is 0 Å². The number of halogens is 1. The highest BCUT2D eigenvalue weighted by atomic mass is 79.9. The standard InChI is InChI=1S/C22H26BrN3O2/c1-3-21(16(2)27)22(28)24-18-6-10-20(11-7-18)26-14-12-25(13-15-26)19-8-4-17(23)5-9-19/h4-11,21H,3,12-15H2,1-2H3,(H,24,28). The van der Waals surface area contributed by atoms with Crippen LogP contribution in [0.15, 0.2) is 53.0 Å². The molecule has 1 aliphatic rings. The van der Waals surface area contributed by atoms with E-state index in [2.05, 4.69) is 55.3 Å². The number of carbonyl (C=O) groups is 2.